The van der Waals surface area contributed by atoms with Crippen LogP contribution in [0.15, 0.2) is 18.2 Å². The highest BCUT2D eigenvalue weighted by molar-refractivity contribution is 5.61. The zero-order chi connectivity index (χ0) is 16.8. The lowest BCUT2D eigenvalue weighted by atomic mass is 9.80. The molecule has 4 heteroatoms. The van der Waals surface area contributed by atoms with Crippen LogP contribution < -0.4 is 4.74 Å². The molecule has 0 heterocycles. The highest BCUT2D eigenvalue weighted by Crippen LogP contribution is 2.35. The van der Waals surface area contributed by atoms with Crippen LogP contribution in [0.4, 0.5) is 13.2 Å². The Hall–Kier alpha value is -1.45. The average molecular weight is 326 g/mol. The fraction of sp³-hybridized carbons (Fsp3) is 0.579. The van der Waals surface area contributed by atoms with Crippen molar-refractivity contribution >= 4 is 5.83 Å². The molecule has 2 rings (SSSR count). The molecule has 0 bridgehead atoms. The molecule has 0 atom stereocenters. The first-order chi connectivity index (χ1) is 11.1. The van der Waals surface area contributed by atoms with Gasteiger partial charge in [-0.15, -0.1) is 0 Å². The van der Waals surface area contributed by atoms with Gasteiger partial charge in [0.2, 0.25) is 5.82 Å². The van der Waals surface area contributed by atoms with Crippen LogP contribution in [0.3, 0.4) is 0 Å². The van der Waals surface area contributed by atoms with Crippen LogP contribution in [0.2, 0.25) is 0 Å². The Balaban J connectivity index is 2.08. The van der Waals surface area contributed by atoms with Crippen LogP contribution in [-0.4, -0.2) is 6.61 Å². The van der Waals surface area contributed by atoms with Gasteiger partial charge in [0.15, 0.2) is 11.6 Å². The SMILES string of the molecule is CCCC1CCC(/C=C(/F)c2ccc(OCC)c(F)c2F)CC1. The van der Waals surface area contributed by atoms with Gasteiger partial charge in [-0.3, -0.25) is 0 Å². The first kappa shape index (κ1) is 17.9. The molecule has 1 fully saturated rings. The quantitative estimate of drug-likeness (QED) is 0.597. The Labute approximate surface area is 136 Å². The van der Waals surface area contributed by atoms with E-state index in [-0.39, 0.29) is 23.8 Å². The number of ether oxygens (including phenoxy) is 1. The summed E-state index contributed by atoms with van der Waals surface area (Å²) in [5, 5.41) is 0. The first-order valence-electron chi connectivity index (χ1n) is 8.55. The molecular weight excluding hydrogens is 301 g/mol. The van der Waals surface area contributed by atoms with Gasteiger partial charge in [-0.25, -0.2) is 8.78 Å². The van der Waals surface area contributed by atoms with Crippen LogP contribution >= 0.6 is 0 Å². The van der Waals surface area contributed by atoms with Gasteiger partial charge in [0.1, 0.15) is 5.83 Å². The van der Waals surface area contributed by atoms with Gasteiger partial charge in [0.25, 0.3) is 0 Å². The molecule has 0 aliphatic heterocycles. The molecule has 1 aliphatic rings. The minimum absolute atomic E-state index is 0.108. The molecule has 0 N–H and O–H groups in total. The Kier molecular flexibility index (Phi) is 6.55. The molecule has 23 heavy (non-hydrogen) atoms. The molecule has 0 spiro atoms. The van der Waals surface area contributed by atoms with Crippen molar-refractivity contribution in [2.45, 2.75) is 52.4 Å². The molecule has 0 amide bonds. The van der Waals surface area contributed by atoms with E-state index in [2.05, 4.69) is 6.92 Å². The fourth-order valence-electron chi connectivity index (χ4n) is 3.33. The zero-order valence-corrected chi connectivity index (χ0v) is 13.9. The first-order valence-corrected chi connectivity index (χ1v) is 8.55. The second-order valence-electron chi connectivity index (χ2n) is 6.26. The van der Waals surface area contributed by atoms with E-state index in [1.165, 1.54) is 31.1 Å². The van der Waals surface area contributed by atoms with E-state index < -0.39 is 17.5 Å². The number of hydrogen-bond acceptors (Lipinski definition) is 1. The summed E-state index contributed by atoms with van der Waals surface area (Å²) < 4.78 is 47.2. The molecular formula is C19H25F3O. The molecule has 0 saturated heterocycles. The Morgan fingerprint density at radius 1 is 1.13 bits per heavy atom. The number of benzene rings is 1. The van der Waals surface area contributed by atoms with Crippen LogP contribution in [-0.2, 0) is 0 Å². The molecule has 1 aromatic carbocycles. The predicted octanol–water partition coefficient (Wildman–Crippen LogP) is 6.28. The third kappa shape index (κ3) is 4.52. The van der Waals surface area contributed by atoms with E-state index >= 15 is 0 Å². The standard InChI is InChI=1S/C19H25F3O/c1-3-5-13-6-8-14(9-7-13)12-16(20)15-10-11-17(23-4-2)19(22)18(15)21/h10-14H,3-9H2,1-2H3/b16-12+. The fourth-order valence-corrected chi connectivity index (χ4v) is 3.33. The molecule has 0 aromatic heterocycles. The largest absolute Gasteiger partial charge is 0.491 e. The third-order valence-electron chi connectivity index (χ3n) is 4.57. The van der Waals surface area contributed by atoms with Gasteiger partial charge in [-0.2, -0.15) is 4.39 Å². The van der Waals surface area contributed by atoms with Crippen molar-refractivity contribution < 1.29 is 17.9 Å². The Morgan fingerprint density at radius 2 is 1.83 bits per heavy atom. The molecule has 0 unspecified atom stereocenters. The van der Waals surface area contributed by atoms with Gasteiger partial charge in [0, 0.05) is 5.56 Å². The average Bonchev–Trinajstić information content (AvgIpc) is 2.54. The number of hydrogen-bond donors (Lipinski definition) is 0. The summed E-state index contributed by atoms with van der Waals surface area (Å²) in [6, 6.07) is 2.53. The van der Waals surface area contributed by atoms with Gasteiger partial charge in [0.05, 0.1) is 6.61 Å². The van der Waals surface area contributed by atoms with Crippen molar-refractivity contribution in [1.29, 1.82) is 0 Å². The van der Waals surface area contributed by atoms with Crippen molar-refractivity contribution in [3.63, 3.8) is 0 Å². The lowest BCUT2D eigenvalue weighted by Gasteiger charge is -2.26. The predicted molar refractivity (Wildman–Crippen MR) is 87.0 cm³/mol. The highest BCUT2D eigenvalue weighted by atomic mass is 19.2. The monoisotopic (exact) mass is 326 g/mol. The van der Waals surface area contributed by atoms with Gasteiger partial charge >= 0.3 is 0 Å². The third-order valence-corrected chi connectivity index (χ3v) is 4.57. The molecule has 0 radical (unpaired) electrons. The van der Waals surface area contributed by atoms with Crippen molar-refractivity contribution in [2.24, 2.45) is 11.8 Å². The molecule has 1 saturated carbocycles. The van der Waals surface area contributed by atoms with E-state index in [4.69, 9.17) is 4.74 Å². The van der Waals surface area contributed by atoms with Crippen LogP contribution in [0.5, 0.6) is 5.75 Å². The zero-order valence-electron chi connectivity index (χ0n) is 13.9. The highest BCUT2D eigenvalue weighted by Gasteiger charge is 2.22. The Bertz CT molecular complexity index is 546. The molecule has 1 aliphatic carbocycles. The lowest BCUT2D eigenvalue weighted by Crippen LogP contribution is -2.13. The summed E-state index contributed by atoms with van der Waals surface area (Å²) >= 11 is 0. The topological polar surface area (TPSA) is 9.23 Å². The summed E-state index contributed by atoms with van der Waals surface area (Å²) in [6.45, 7) is 4.09. The number of allylic oxidation sites excluding steroid dienone is 1. The minimum atomic E-state index is -1.18. The smallest absolute Gasteiger partial charge is 0.201 e. The van der Waals surface area contributed by atoms with E-state index in [9.17, 15) is 13.2 Å². The van der Waals surface area contributed by atoms with Crippen molar-refractivity contribution in [3.8, 4) is 5.75 Å². The van der Waals surface area contributed by atoms with Crippen molar-refractivity contribution in [3.05, 3.63) is 35.4 Å². The summed E-state index contributed by atoms with van der Waals surface area (Å²) in [6.07, 6.45) is 7.86. The lowest BCUT2D eigenvalue weighted by molar-refractivity contribution is 0.293. The second kappa shape index (κ2) is 8.42. The summed E-state index contributed by atoms with van der Waals surface area (Å²) in [4.78, 5) is 0. The number of halogens is 3. The summed E-state index contributed by atoms with van der Waals surface area (Å²) in [5.74, 6) is -2.32. The molecule has 1 nitrogen and oxygen atoms in total. The van der Waals surface area contributed by atoms with Gasteiger partial charge in [-0.1, -0.05) is 19.8 Å². The maximum atomic E-state index is 14.3. The molecule has 1 aromatic rings. The second-order valence-corrected chi connectivity index (χ2v) is 6.26. The van der Waals surface area contributed by atoms with Crippen molar-refractivity contribution in [2.75, 3.05) is 6.61 Å². The minimum Gasteiger partial charge on any atom is -0.491 e. The van der Waals surface area contributed by atoms with E-state index in [1.54, 1.807) is 6.92 Å². The van der Waals surface area contributed by atoms with E-state index in [0.29, 0.717) is 0 Å². The van der Waals surface area contributed by atoms with Gasteiger partial charge < -0.3 is 4.74 Å². The summed E-state index contributed by atoms with van der Waals surface area (Å²) in [5.41, 5.74) is -0.318. The maximum Gasteiger partial charge on any atom is 0.201 e. The van der Waals surface area contributed by atoms with E-state index in [0.717, 1.165) is 31.6 Å². The van der Waals surface area contributed by atoms with Crippen LogP contribution in [0.1, 0.15) is 57.9 Å². The molecule has 128 valence electrons. The van der Waals surface area contributed by atoms with Gasteiger partial charge in [-0.05, 0) is 62.7 Å². The maximum absolute atomic E-state index is 14.3. The van der Waals surface area contributed by atoms with Crippen LogP contribution in [0.25, 0.3) is 5.83 Å². The normalized spacial score (nSPS) is 22.2. The van der Waals surface area contributed by atoms with Crippen LogP contribution in [0, 0.1) is 23.5 Å². The number of rotatable bonds is 6. The Morgan fingerprint density at radius 3 is 2.43 bits per heavy atom. The van der Waals surface area contributed by atoms with E-state index in [1.807, 2.05) is 0 Å². The van der Waals surface area contributed by atoms with Crippen molar-refractivity contribution in [1.82, 2.24) is 0 Å². The summed E-state index contributed by atoms with van der Waals surface area (Å²) in [7, 11) is 0.